The minimum Gasteiger partial charge on any atom is -0.213 e. The summed E-state index contributed by atoms with van der Waals surface area (Å²) in [4.78, 5) is 0.282. The largest absolute Gasteiger partial charge is 0.243 e. The second kappa shape index (κ2) is 6.74. The quantitative estimate of drug-likeness (QED) is 0.869. The number of piperidine rings is 1. The molecule has 1 aromatic carbocycles. The fourth-order valence-corrected chi connectivity index (χ4v) is 5.10. The standard InChI is InChI=1S/C16H26N2O4S2/c1-16(2,3)13-5-7-15(8-6-13)24(21,22)18-11-9-14(10-12-18)17-23(4,19)20/h5-8,14,17H,9-12H2,1-4H3. The summed E-state index contributed by atoms with van der Waals surface area (Å²) in [6.07, 6.45) is 2.08. The summed E-state index contributed by atoms with van der Waals surface area (Å²) in [6.45, 7) is 6.87. The van der Waals surface area contributed by atoms with Gasteiger partial charge in [-0.15, -0.1) is 0 Å². The summed E-state index contributed by atoms with van der Waals surface area (Å²) >= 11 is 0. The lowest BCUT2D eigenvalue weighted by Crippen LogP contribution is -2.46. The SMILES string of the molecule is CC(C)(C)c1ccc(S(=O)(=O)N2CCC(NS(C)(=O)=O)CC2)cc1. The molecule has 0 spiro atoms. The van der Waals surface area contributed by atoms with Crippen molar-refractivity contribution < 1.29 is 16.8 Å². The highest BCUT2D eigenvalue weighted by Crippen LogP contribution is 2.26. The second-order valence-corrected chi connectivity index (χ2v) is 11.1. The van der Waals surface area contributed by atoms with E-state index in [0.717, 1.165) is 11.8 Å². The maximum Gasteiger partial charge on any atom is 0.243 e. The van der Waals surface area contributed by atoms with Crippen molar-refractivity contribution in [3.63, 3.8) is 0 Å². The van der Waals surface area contributed by atoms with E-state index in [-0.39, 0.29) is 16.4 Å². The number of hydrogen-bond acceptors (Lipinski definition) is 4. The van der Waals surface area contributed by atoms with Crippen LogP contribution in [0, 0.1) is 0 Å². The summed E-state index contributed by atoms with van der Waals surface area (Å²) in [7, 11) is -6.80. The number of nitrogens with zero attached hydrogens (tertiary/aromatic N) is 1. The van der Waals surface area contributed by atoms with Crippen LogP contribution in [0.15, 0.2) is 29.2 Å². The first-order valence-corrected chi connectivity index (χ1v) is 11.3. The van der Waals surface area contributed by atoms with Gasteiger partial charge in [0.25, 0.3) is 0 Å². The first-order chi connectivity index (χ1) is 10.9. The van der Waals surface area contributed by atoms with Crippen LogP contribution in [0.1, 0.15) is 39.2 Å². The molecule has 1 aromatic rings. The molecule has 6 nitrogen and oxygen atoms in total. The molecule has 1 N–H and O–H groups in total. The Kier molecular flexibility index (Phi) is 5.44. The predicted molar refractivity (Wildman–Crippen MR) is 94.9 cm³/mol. The van der Waals surface area contributed by atoms with Crippen molar-refractivity contribution in [2.45, 2.75) is 50.0 Å². The second-order valence-electron chi connectivity index (χ2n) is 7.34. The molecule has 1 saturated heterocycles. The van der Waals surface area contributed by atoms with Crippen LogP contribution in [0.2, 0.25) is 0 Å². The molecule has 0 aliphatic carbocycles. The van der Waals surface area contributed by atoms with Crippen LogP contribution in [0.3, 0.4) is 0 Å². The molecule has 0 atom stereocenters. The zero-order chi connectivity index (χ0) is 18.2. The molecule has 0 amide bonds. The van der Waals surface area contributed by atoms with E-state index in [1.807, 2.05) is 12.1 Å². The highest BCUT2D eigenvalue weighted by Gasteiger charge is 2.30. The third-order valence-electron chi connectivity index (χ3n) is 4.19. The molecule has 24 heavy (non-hydrogen) atoms. The average Bonchev–Trinajstić information content (AvgIpc) is 2.45. The summed E-state index contributed by atoms with van der Waals surface area (Å²) < 4.78 is 52.0. The van der Waals surface area contributed by atoms with Gasteiger partial charge in [-0.2, -0.15) is 4.31 Å². The van der Waals surface area contributed by atoms with Gasteiger partial charge in [-0.1, -0.05) is 32.9 Å². The molecule has 0 bridgehead atoms. The first-order valence-electron chi connectivity index (χ1n) is 7.97. The maximum absolute atomic E-state index is 12.7. The van der Waals surface area contributed by atoms with Crippen molar-refractivity contribution in [3.05, 3.63) is 29.8 Å². The van der Waals surface area contributed by atoms with E-state index in [1.54, 1.807) is 12.1 Å². The van der Waals surface area contributed by atoms with Crippen LogP contribution < -0.4 is 4.72 Å². The van der Waals surface area contributed by atoms with E-state index in [0.29, 0.717) is 25.9 Å². The molecule has 2 rings (SSSR count). The predicted octanol–water partition coefficient (Wildman–Crippen LogP) is 1.69. The summed E-state index contributed by atoms with van der Waals surface area (Å²) in [5.74, 6) is 0. The van der Waals surface area contributed by atoms with Gasteiger partial charge in [-0.3, -0.25) is 0 Å². The molecule has 8 heteroatoms. The smallest absolute Gasteiger partial charge is 0.213 e. The normalized spacial score (nSPS) is 18.7. The number of nitrogens with one attached hydrogen (secondary N) is 1. The van der Waals surface area contributed by atoms with E-state index >= 15 is 0 Å². The monoisotopic (exact) mass is 374 g/mol. The first kappa shape index (κ1) is 19.4. The van der Waals surface area contributed by atoms with Crippen molar-refractivity contribution in [1.82, 2.24) is 9.03 Å². The minimum absolute atomic E-state index is 0.0298. The van der Waals surface area contributed by atoms with Gasteiger partial charge in [-0.05, 0) is 36.0 Å². The molecular formula is C16H26N2O4S2. The van der Waals surface area contributed by atoms with Gasteiger partial charge in [0, 0.05) is 19.1 Å². The highest BCUT2D eigenvalue weighted by atomic mass is 32.2. The Balaban J connectivity index is 2.09. The van der Waals surface area contributed by atoms with Crippen LogP contribution >= 0.6 is 0 Å². The molecule has 136 valence electrons. The van der Waals surface area contributed by atoms with Crippen molar-refractivity contribution in [1.29, 1.82) is 0 Å². The molecule has 1 aliphatic heterocycles. The van der Waals surface area contributed by atoms with E-state index < -0.39 is 20.0 Å². The fourth-order valence-electron chi connectivity index (χ4n) is 2.79. The van der Waals surface area contributed by atoms with Crippen molar-refractivity contribution >= 4 is 20.0 Å². The third kappa shape index (κ3) is 4.78. The van der Waals surface area contributed by atoms with Crippen LogP contribution in [-0.4, -0.2) is 46.5 Å². The van der Waals surface area contributed by atoms with Crippen molar-refractivity contribution in [2.75, 3.05) is 19.3 Å². The highest BCUT2D eigenvalue weighted by molar-refractivity contribution is 7.89. The van der Waals surface area contributed by atoms with E-state index in [9.17, 15) is 16.8 Å². The molecule has 1 heterocycles. The van der Waals surface area contributed by atoms with Gasteiger partial charge < -0.3 is 0 Å². The Hall–Kier alpha value is -0.960. The Morgan fingerprint density at radius 2 is 1.50 bits per heavy atom. The molecule has 1 fully saturated rings. The average molecular weight is 375 g/mol. The van der Waals surface area contributed by atoms with Gasteiger partial charge >= 0.3 is 0 Å². The van der Waals surface area contributed by atoms with Gasteiger partial charge in [0.05, 0.1) is 11.2 Å². The van der Waals surface area contributed by atoms with Crippen molar-refractivity contribution in [2.24, 2.45) is 0 Å². The zero-order valence-electron chi connectivity index (χ0n) is 14.6. The Bertz CT molecular complexity index is 770. The Labute approximate surface area is 145 Å². The lowest BCUT2D eigenvalue weighted by molar-refractivity contribution is 0.309. The lowest BCUT2D eigenvalue weighted by atomic mass is 9.87. The van der Waals surface area contributed by atoms with Gasteiger partial charge in [0.1, 0.15) is 0 Å². The van der Waals surface area contributed by atoms with Crippen LogP contribution in [0.4, 0.5) is 0 Å². The number of rotatable bonds is 4. The van der Waals surface area contributed by atoms with E-state index in [1.165, 1.54) is 4.31 Å². The number of benzene rings is 1. The van der Waals surface area contributed by atoms with Crippen LogP contribution in [0.25, 0.3) is 0 Å². The lowest BCUT2D eigenvalue weighted by Gasteiger charge is -2.31. The summed E-state index contributed by atoms with van der Waals surface area (Å²) in [5.41, 5.74) is 1.05. The van der Waals surface area contributed by atoms with Crippen LogP contribution in [-0.2, 0) is 25.5 Å². The number of hydrogen-bond donors (Lipinski definition) is 1. The molecule has 0 aromatic heterocycles. The molecule has 0 saturated carbocycles. The van der Waals surface area contributed by atoms with E-state index in [2.05, 4.69) is 25.5 Å². The topological polar surface area (TPSA) is 83.6 Å². The molecular weight excluding hydrogens is 348 g/mol. The maximum atomic E-state index is 12.7. The zero-order valence-corrected chi connectivity index (χ0v) is 16.2. The Morgan fingerprint density at radius 1 is 1.00 bits per heavy atom. The fraction of sp³-hybridized carbons (Fsp3) is 0.625. The molecule has 0 unspecified atom stereocenters. The van der Waals surface area contributed by atoms with Crippen LogP contribution in [0.5, 0.6) is 0 Å². The van der Waals surface area contributed by atoms with Crippen molar-refractivity contribution in [3.8, 4) is 0 Å². The number of sulfonamides is 2. The minimum atomic E-state index is -3.54. The Morgan fingerprint density at radius 3 is 1.92 bits per heavy atom. The molecule has 0 radical (unpaired) electrons. The molecule has 1 aliphatic rings. The van der Waals surface area contributed by atoms with Gasteiger partial charge in [0.2, 0.25) is 20.0 Å². The summed E-state index contributed by atoms with van der Waals surface area (Å²) in [5, 5.41) is 0. The van der Waals surface area contributed by atoms with Gasteiger partial charge in [-0.25, -0.2) is 21.6 Å². The van der Waals surface area contributed by atoms with Gasteiger partial charge in [0.15, 0.2) is 0 Å². The van der Waals surface area contributed by atoms with E-state index in [4.69, 9.17) is 0 Å². The summed E-state index contributed by atoms with van der Waals surface area (Å²) in [6, 6.07) is 6.80. The third-order valence-corrected chi connectivity index (χ3v) is 6.87.